The largest absolute Gasteiger partial charge is 0.462 e. The predicted octanol–water partition coefficient (Wildman–Crippen LogP) is 4.62. The molecule has 0 bridgehead atoms. The van der Waals surface area contributed by atoms with Crippen molar-refractivity contribution < 1.29 is 38.1 Å². The Kier molecular flexibility index (Phi) is 10.0. The fourth-order valence-corrected chi connectivity index (χ4v) is 5.19. The number of aryl methyl sites for hydroxylation is 2. The van der Waals surface area contributed by atoms with Gasteiger partial charge in [-0.05, 0) is 55.5 Å². The van der Waals surface area contributed by atoms with Gasteiger partial charge in [-0.25, -0.2) is 19.6 Å². The molecule has 0 unspecified atom stereocenters. The summed E-state index contributed by atoms with van der Waals surface area (Å²) in [7, 11) is 0. The molecule has 43 heavy (non-hydrogen) atoms. The first kappa shape index (κ1) is 31.1. The normalized spacial score (nSPS) is 12.5. The van der Waals surface area contributed by atoms with Gasteiger partial charge in [0.25, 0.3) is 0 Å². The van der Waals surface area contributed by atoms with Gasteiger partial charge in [0.2, 0.25) is 0 Å². The maximum atomic E-state index is 12.8. The van der Waals surface area contributed by atoms with Crippen LogP contribution in [-0.2, 0) is 43.5 Å². The summed E-state index contributed by atoms with van der Waals surface area (Å²) in [5, 5.41) is 0. The Morgan fingerprint density at radius 1 is 0.744 bits per heavy atom. The van der Waals surface area contributed by atoms with Gasteiger partial charge in [0.15, 0.2) is 0 Å². The summed E-state index contributed by atoms with van der Waals surface area (Å²) in [6.45, 7) is 10.3. The fraction of sp³-hybridized carbons (Fsp3) is 0.333. The number of ether oxygens (including phenoxy) is 4. The van der Waals surface area contributed by atoms with Crippen LogP contribution in [-0.4, -0.2) is 60.3 Å². The van der Waals surface area contributed by atoms with Crippen molar-refractivity contribution in [3.05, 3.63) is 84.1 Å². The average Bonchev–Trinajstić information content (AvgIpc) is 3.27. The monoisotopic (exact) mass is 586 g/mol. The van der Waals surface area contributed by atoms with Crippen molar-refractivity contribution in [2.75, 3.05) is 26.4 Å². The second kappa shape index (κ2) is 13.9. The first-order valence-electron chi connectivity index (χ1n) is 14.0. The number of fused-ring (bicyclic) bond motifs is 4. The molecule has 1 aliphatic rings. The molecule has 10 heteroatoms. The van der Waals surface area contributed by atoms with Crippen LogP contribution < -0.4 is 0 Å². The maximum absolute atomic E-state index is 12.8. The highest BCUT2D eigenvalue weighted by atomic mass is 16.6. The Hall–Kier alpha value is -4.86. The van der Waals surface area contributed by atoms with E-state index < -0.39 is 29.3 Å². The molecule has 0 radical (unpaired) electrons. The minimum Gasteiger partial charge on any atom is -0.462 e. The van der Waals surface area contributed by atoms with E-state index >= 15 is 0 Å². The minimum absolute atomic E-state index is 0.0162. The van der Waals surface area contributed by atoms with E-state index in [9.17, 15) is 19.2 Å². The highest BCUT2D eigenvalue weighted by molar-refractivity contribution is 5.86. The number of carbonyl (C=O) groups is 4. The van der Waals surface area contributed by atoms with Gasteiger partial charge in [0.1, 0.15) is 26.4 Å². The van der Waals surface area contributed by atoms with Crippen molar-refractivity contribution in [2.24, 2.45) is 0 Å². The van der Waals surface area contributed by atoms with Gasteiger partial charge < -0.3 is 18.9 Å². The van der Waals surface area contributed by atoms with Crippen LogP contribution in [0, 0.1) is 13.8 Å². The van der Waals surface area contributed by atoms with Gasteiger partial charge >= 0.3 is 23.9 Å². The van der Waals surface area contributed by atoms with E-state index in [2.05, 4.69) is 13.2 Å². The molecule has 0 aliphatic heterocycles. The lowest BCUT2D eigenvalue weighted by Gasteiger charge is -2.30. The quantitative estimate of drug-likeness (QED) is 0.114. The molecule has 1 heterocycles. The maximum Gasteiger partial charge on any atom is 0.330 e. The standard InChI is InChI=1S/C33H34N2O8/c1-5-27(36)40-15-17-42-29(38)11-13-33(14-12-30(39)43-18-16-41-28(37)6-2)24-10-8-7-9-23(24)31-32(33)35-26-20-22(4)21(3)19-25(26)34-31/h5-10,19-20H,1-2,11-18H2,3-4H3. The lowest BCUT2D eigenvalue weighted by atomic mass is 9.73. The Labute approximate surface area is 249 Å². The molecule has 0 saturated carbocycles. The summed E-state index contributed by atoms with van der Waals surface area (Å²) >= 11 is 0. The second-order valence-electron chi connectivity index (χ2n) is 10.2. The minimum atomic E-state index is -0.839. The summed E-state index contributed by atoms with van der Waals surface area (Å²) in [4.78, 5) is 58.2. The van der Waals surface area contributed by atoms with Crippen molar-refractivity contribution in [1.82, 2.24) is 9.97 Å². The zero-order chi connectivity index (χ0) is 31.0. The molecule has 0 spiro atoms. The molecule has 2 aromatic carbocycles. The first-order chi connectivity index (χ1) is 20.7. The number of nitrogens with zero attached hydrogens (tertiary/aromatic N) is 2. The lowest BCUT2D eigenvalue weighted by molar-refractivity contribution is -0.150. The van der Waals surface area contributed by atoms with Crippen molar-refractivity contribution in [2.45, 2.75) is 44.9 Å². The van der Waals surface area contributed by atoms with E-state index in [0.717, 1.165) is 45.4 Å². The van der Waals surface area contributed by atoms with Gasteiger partial charge in [0.05, 0.1) is 22.4 Å². The number of carbonyl (C=O) groups excluding carboxylic acids is 4. The van der Waals surface area contributed by atoms with Crippen LogP contribution in [0.25, 0.3) is 22.3 Å². The summed E-state index contributed by atoms with van der Waals surface area (Å²) in [6, 6.07) is 11.8. The number of aromatic nitrogens is 2. The number of hydrogen-bond donors (Lipinski definition) is 0. The van der Waals surface area contributed by atoms with Crippen LogP contribution in [0.2, 0.25) is 0 Å². The Morgan fingerprint density at radius 2 is 1.23 bits per heavy atom. The Balaban J connectivity index is 1.62. The third-order valence-electron chi connectivity index (χ3n) is 7.46. The molecule has 0 N–H and O–H groups in total. The zero-order valence-corrected chi connectivity index (χ0v) is 24.4. The van der Waals surface area contributed by atoms with Crippen LogP contribution in [0.15, 0.2) is 61.7 Å². The van der Waals surface area contributed by atoms with Crippen molar-refractivity contribution >= 4 is 34.9 Å². The molecular formula is C33H34N2O8. The predicted molar refractivity (Wildman–Crippen MR) is 158 cm³/mol. The lowest BCUT2D eigenvalue weighted by Crippen LogP contribution is -2.29. The van der Waals surface area contributed by atoms with Crippen LogP contribution in [0.5, 0.6) is 0 Å². The number of esters is 4. The Bertz CT molecular complexity index is 1530. The fourth-order valence-electron chi connectivity index (χ4n) is 5.19. The van der Waals surface area contributed by atoms with Gasteiger partial charge in [-0.3, -0.25) is 9.59 Å². The van der Waals surface area contributed by atoms with E-state index in [1.165, 1.54) is 0 Å². The van der Waals surface area contributed by atoms with E-state index in [-0.39, 0.29) is 52.1 Å². The third-order valence-corrected chi connectivity index (χ3v) is 7.46. The molecule has 0 saturated heterocycles. The molecular weight excluding hydrogens is 552 g/mol. The number of rotatable bonds is 14. The highest BCUT2D eigenvalue weighted by Crippen LogP contribution is 2.52. The number of benzene rings is 2. The molecule has 224 valence electrons. The smallest absolute Gasteiger partial charge is 0.330 e. The molecule has 3 aromatic rings. The highest BCUT2D eigenvalue weighted by Gasteiger charge is 2.46. The van der Waals surface area contributed by atoms with Crippen molar-refractivity contribution in [3.63, 3.8) is 0 Å². The van der Waals surface area contributed by atoms with E-state index in [4.69, 9.17) is 28.9 Å². The second-order valence-corrected chi connectivity index (χ2v) is 10.2. The SMILES string of the molecule is C=CC(=O)OCCOC(=O)CCC1(CCC(=O)OCCOC(=O)C=C)c2ccccc2-c2nc3cc(C)c(C)cc3nc21. The average molecular weight is 587 g/mol. The summed E-state index contributed by atoms with van der Waals surface area (Å²) in [5.74, 6) is -2.16. The van der Waals surface area contributed by atoms with Crippen LogP contribution in [0.3, 0.4) is 0 Å². The van der Waals surface area contributed by atoms with Crippen LogP contribution in [0.4, 0.5) is 0 Å². The molecule has 0 atom stereocenters. The molecule has 1 aliphatic carbocycles. The van der Waals surface area contributed by atoms with Gasteiger partial charge in [-0.15, -0.1) is 0 Å². The molecule has 10 nitrogen and oxygen atoms in total. The number of hydrogen-bond acceptors (Lipinski definition) is 10. The topological polar surface area (TPSA) is 131 Å². The molecule has 4 rings (SSSR count). The van der Waals surface area contributed by atoms with Crippen LogP contribution in [0.1, 0.15) is 48.1 Å². The third kappa shape index (κ3) is 7.14. The van der Waals surface area contributed by atoms with Crippen molar-refractivity contribution in [3.8, 4) is 11.3 Å². The van der Waals surface area contributed by atoms with E-state index in [1.54, 1.807) is 0 Å². The van der Waals surface area contributed by atoms with Crippen LogP contribution >= 0.6 is 0 Å². The van der Waals surface area contributed by atoms with Gasteiger partial charge in [-0.2, -0.15) is 0 Å². The van der Waals surface area contributed by atoms with Crippen molar-refractivity contribution in [1.29, 1.82) is 0 Å². The Morgan fingerprint density at radius 3 is 1.77 bits per heavy atom. The summed E-state index contributed by atoms with van der Waals surface area (Å²) < 4.78 is 20.4. The van der Waals surface area contributed by atoms with Gasteiger partial charge in [-0.1, -0.05) is 37.4 Å². The molecule has 1 aromatic heterocycles. The first-order valence-corrected chi connectivity index (χ1v) is 14.0. The molecule has 0 amide bonds. The summed E-state index contributed by atoms with van der Waals surface area (Å²) in [6.07, 6.45) is 2.68. The molecule has 0 fully saturated rings. The summed E-state index contributed by atoms with van der Waals surface area (Å²) in [5.41, 5.74) is 6.01. The van der Waals surface area contributed by atoms with E-state index in [1.807, 2.05) is 50.2 Å². The van der Waals surface area contributed by atoms with Gasteiger partial charge in [0, 0.05) is 36.0 Å². The zero-order valence-electron chi connectivity index (χ0n) is 24.4. The van der Waals surface area contributed by atoms with E-state index in [0.29, 0.717) is 11.4 Å².